The fourth-order valence-corrected chi connectivity index (χ4v) is 1.55. The van der Waals surface area contributed by atoms with Crippen molar-refractivity contribution in [3.8, 4) is 0 Å². The van der Waals surface area contributed by atoms with Gasteiger partial charge in [-0.2, -0.15) is 0 Å². The number of aliphatic hydroxyl groups is 1. The Morgan fingerprint density at radius 3 is 2.55 bits per heavy atom. The molecule has 1 aliphatic carbocycles. The SMILES string of the molecule is CC1CCC(O)C1NC(=O)O. The molecule has 0 heterocycles. The molecule has 0 aromatic rings. The molecule has 64 valence electrons. The van der Waals surface area contributed by atoms with Crippen LogP contribution in [0.1, 0.15) is 19.8 Å². The standard InChI is InChI=1S/C7H13NO3/c1-4-2-3-5(9)6(4)8-7(10)11/h4-6,8-9H,2-3H2,1H3,(H,10,11). The van der Waals surface area contributed by atoms with E-state index < -0.39 is 12.2 Å². The van der Waals surface area contributed by atoms with Crippen molar-refractivity contribution in [2.24, 2.45) is 5.92 Å². The molecule has 3 N–H and O–H groups in total. The number of carbonyl (C=O) groups is 1. The second kappa shape index (κ2) is 3.09. The van der Waals surface area contributed by atoms with Crippen molar-refractivity contribution in [1.82, 2.24) is 5.32 Å². The van der Waals surface area contributed by atoms with E-state index in [-0.39, 0.29) is 12.0 Å². The average Bonchev–Trinajstić information content (AvgIpc) is 2.18. The first-order chi connectivity index (χ1) is 5.11. The highest BCUT2D eigenvalue weighted by Gasteiger charge is 2.32. The van der Waals surface area contributed by atoms with Crippen molar-refractivity contribution in [2.45, 2.75) is 31.9 Å². The molecular weight excluding hydrogens is 146 g/mol. The molecule has 4 nitrogen and oxygen atoms in total. The summed E-state index contributed by atoms with van der Waals surface area (Å²) in [4.78, 5) is 10.2. The van der Waals surface area contributed by atoms with Crippen molar-refractivity contribution in [3.05, 3.63) is 0 Å². The average molecular weight is 159 g/mol. The normalized spacial score (nSPS) is 37.1. The lowest BCUT2D eigenvalue weighted by molar-refractivity contribution is 0.129. The molecule has 11 heavy (non-hydrogen) atoms. The summed E-state index contributed by atoms with van der Waals surface area (Å²) in [5, 5.41) is 20.0. The van der Waals surface area contributed by atoms with Crippen LogP contribution in [0.25, 0.3) is 0 Å². The fraction of sp³-hybridized carbons (Fsp3) is 0.857. The van der Waals surface area contributed by atoms with Gasteiger partial charge >= 0.3 is 6.09 Å². The van der Waals surface area contributed by atoms with E-state index in [0.717, 1.165) is 6.42 Å². The van der Waals surface area contributed by atoms with E-state index in [4.69, 9.17) is 5.11 Å². The van der Waals surface area contributed by atoms with Crippen molar-refractivity contribution in [3.63, 3.8) is 0 Å². The Labute approximate surface area is 65.2 Å². The van der Waals surface area contributed by atoms with Crippen LogP contribution in [0.3, 0.4) is 0 Å². The van der Waals surface area contributed by atoms with Gasteiger partial charge in [-0.1, -0.05) is 6.92 Å². The predicted octanol–water partition coefficient (Wildman–Crippen LogP) is 0.413. The summed E-state index contributed by atoms with van der Waals surface area (Å²) in [6.07, 6.45) is 0.0435. The fourth-order valence-electron chi connectivity index (χ4n) is 1.55. The zero-order chi connectivity index (χ0) is 8.43. The van der Waals surface area contributed by atoms with Gasteiger partial charge in [0.1, 0.15) is 0 Å². The quantitative estimate of drug-likeness (QED) is 0.519. The van der Waals surface area contributed by atoms with Gasteiger partial charge in [-0.3, -0.25) is 0 Å². The van der Waals surface area contributed by atoms with Gasteiger partial charge in [0.05, 0.1) is 12.1 Å². The molecule has 1 amide bonds. The maximum absolute atomic E-state index is 10.2. The predicted molar refractivity (Wildman–Crippen MR) is 39.4 cm³/mol. The molecule has 0 spiro atoms. The van der Waals surface area contributed by atoms with Gasteiger partial charge in [-0.15, -0.1) is 0 Å². The third-order valence-corrected chi connectivity index (χ3v) is 2.24. The number of rotatable bonds is 1. The summed E-state index contributed by atoms with van der Waals surface area (Å²) in [6.45, 7) is 1.94. The van der Waals surface area contributed by atoms with E-state index in [0.29, 0.717) is 6.42 Å². The second-order valence-electron chi connectivity index (χ2n) is 3.10. The maximum atomic E-state index is 10.2. The zero-order valence-corrected chi connectivity index (χ0v) is 6.45. The van der Waals surface area contributed by atoms with Crippen molar-refractivity contribution >= 4 is 6.09 Å². The Morgan fingerprint density at radius 2 is 2.18 bits per heavy atom. The molecule has 0 radical (unpaired) electrons. The largest absolute Gasteiger partial charge is 0.465 e. The lowest BCUT2D eigenvalue weighted by Crippen LogP contribution is -2.42. The lowest BCUT2D eigenvalue weighted by atomic mass is 10.1. The number of carboxylic acid groups (broad SMARTS) is 1. The third kappa shape index (κ3) is 1.83. The maximum Gasteiger partial charge on any atom is 0.404 e. The van der Waals surface area contributed by atoms with Crippen molar-refractivity contribution in [2.75, 3.05) is 0 Å². The lowest BCUT2D eigenvalue weighted by Gasteiger charge is -2.18. The summed E-state index contributed by atoms with van der Waals surface area (Å²) in [6, 6.07) is -0.271. The van der Waals surface area contributed by atoms with Crippen LogP contribution in [0.15, 0.2) is 0 Å². The van der Waals surface area contributed by atoms with E-state index in [1.165, 1.54) is 0 Å². The Balaban J connectivity index is 2.47. The second-order valence-corrected chi connectivity index (χ2v) is 3.10. The molecule has 0 saturated heterocycles. The van der Waals surface area contributed by atoms with Crippen molar-refractivity contribution in [1.29, 1.82) is 0 Å². The molecule has 1 rings (SSSR count). The highest BCUT2D eigenvalue weighted by atomic mass is 16.4. The van der Waals surface area contributed by atoms with Crippen LogP contribution in [0.2, 0.25) is 0 Å². The van der Waals surface area contributed by atoms with Crippen LogP contribution < -0.4 is 5.32 Å². The van der Waals surface area contributed by atoms with Gasteiger partial charge in [0.15, 0.2) is 0 Å². The molecular formula is C7H13NO3. The van der Waals surface area contributed by atoms with Gasteiger partial charge in [-0.05, 0) is 18.8 Å². The highest BCUT2D eigenvalue weighted by molar-refractivity contribution is 5.65. The number of amides is 1. The molecule has 0 bridgehead atoms. The monoisotopic (exact) mass is 159 g/mol. The summed E-state index contributed by atoms with van der Waals surface area (Å²) >= 11 is 0. The molecule has 1 fully saturated rings. The van der Waals surface area contributed by atoms with Crippen LogP contribution in [0.4, 0.5) is 4.79 Å². The molecule has 1 saturated carbocycles. The van der Waals surface area contributed by atoms with E-state index >= 15 is 0 Å². The van der Waals surface area contributed by atoms with Gasteiger partial charge in [0.2, 0.25) is 0 Å². The molecule has 0 aromatic heterocycles. The smallest absolute Gasteiger partial charge is 0.404 e. The Bertz CT molecular complexity index is 150. The minimum Gasteiger partial charge on any atom is -0.465 e. The van der Waals surface area contributed by atoms with Gasteiger partial charge < -0.3 is 15.5 Å². The van der Waals surface area contributed by atoms with Gasteiger partial charge in [-0.25, -0.2) is 4.79 Å². The topological polar surface area (TPSA) is 69.6 Å². The van der Waals surface area contributed by atoms with Crippen LogP contribution in [0.5, 0.6) is 0 Å². The van der Waals surface area contributed by atoms with E-state index in [9.17, 15) is 9.90 Å². The van der Waals surface area contributed by atoms with Crippen LogP contribution in [-0.2, 0) is 0 Å². The summed E-state index contributed by atoms with van der Waals surface area (Å²) in [5.41, 5.74) is 0. The molecule has 1 aliphatic rings. The molecule has 4 heteroatoms. The van der Waals surface area contributed by atoms with Gasteiger partial charge in [0.25, 0.3) is 0 Å². The van der Waals surface area contributed by atoms with Crippen molar-refractivity contribution < 1.29 is 15.0 Å². The van der Waals surface area contributed by atoms with Crippen LogP contribution in [-0.4, -0.2) is 28.5 Å². The van der Waals surface area contributed by atoms with E-state index in [2.05, 4.69) is 5.32 Å². The molecule has 0 aromatic carbocycles. The highest BCUT2D eigenvalue weighted by Crippen LogP contribution is 2.25. The summed E-state index contributed by atoms with van der Waals surface area (Å²) in [7, 11) is 0. The Hall–Kier alpha value is -0.770. The molecule has 3 atom stereocenters. The van der Waals surface area contributed by atoms with Crippen LogP contribution >= 0.6 is 0 Å². The van der Waals surface area contributed by atoms with Crippen LogP contribution in [0, 0.1) is 5.92 Å². The first-order valence-corrected chi connectivity index (χ1v) is 3.79. The summed E-state index contributed by atoms with van der Waals surface area (Å²) in [5.74, 6) is 0.251. The van der Waals surface area contributed by atoms with E-state index in [1.54, 1.807) is 0 Å². The molecule has 0 aliphatic heterocycles. The Kier molecular flexibility index (Phi) is 2.34. The number of hydrogen-bond donors (Lipinski definition) is 3. The first kappa shape index (κ1) is 8.33. The minimum atomic E-state index is -1.05. The third-order valence-electron chi connectivity index (χ3n) is 2.24. The number of hydrogen-bond acceptors (Lipinski definition) is 2. The number of nitrogens with one attached hydrogen (secondary N) is 1. The van der Waals surface area contributed by atoms with E-state index in [1.807, 2.05) is 6.92 Å². The zero-order valence-electron chi connectivity index (χ0n) is 6.45. The minimum absolute atomic E-state index is 0.251. The number of aliphatic hydroxyl groups excluding tert-OH is 1. The Morgan fingerprint density at radius 1 is 1.55 bits per heavy atom. The van der Waals surface area contributed by atoms with Gasteiger partial charge in [0, 0.05) is 0 Å². The first-order valence-electron chi connectivity index (χ1n) is 3.79. The summed E-state index contributed by atoms with van der Waals surface area (Å²) < 4.78 is 0. The molecule has 3 unspecified atom stereocenters.